The minimum Gasteiger partial charge on any atom is -0.451 e. The Hall–Kier alpha value is -2.63. The average molecular weight is 264 g/mol. The summed E-state index contributed by atoms with van der Waals surface area (Å²) in [6.07, 6.45) is 0. The van der Waals surface area contributed by atoms with E-state index in [0.717, 1.165) is 12.1 Å². The molecule has 2 rings (SSSR count). The minimum absolute atomic E-state index is 0.0901. The van der Waals surface area contributed by atoms with Crippen LogP contribution in [0.4, 0.5) is 14.5 Å². The van der Waals surface area contributed by atoms with Gasteiger partial charge >= 0.3 is 0 Å². The van der Waals surface area contributed by atoms with Gasteiger partial charge in [-0.15, -0.1) is 0 Å². The molecule has 0 saturated carbocycles. The highest BCUT2D eigenvalue weighted by Gasteiger charge is 2.14. The predicted octanol–water partition coefficient (Wildman–Crippen LogP) is 2.44. The molecule has 0 unspecified atom stereocenters. The molecule has 0 bridgehead atoms. The first-order chi connectivity index (χ1) is 8.99. The molecular weight excluding hydrogens is 254 g/mol. The van der Waals surface area contributed by atoms with Gasteiger partial charge in [0.05, 0.1) is 5.56 Å². The largest absolute Gasteiger partial charge is 0.451 e. The topological polar surface area (TPSA) is 78.3 Å². The van der Waals surface area contributed by atoms with Crippen molar-refractivity contribution in [2.45, 2.75) is 0 Å². The molecule has 0 heterocycles. The van der Waals surface area contributed by atoms with Crippen LogP contribution < -0.4 is 16.2 Å². The van der Waals surface area contributed by atoms with Gasteiger partial charge in [0.2, 0.25) is 0 Å². The summed E-state index contributed by atoms with van der Waals surface area (Å²) in [7, 11) is 0. The first kappa shape index (κ1) is 12.8. The second kappa shape index (κ2) is 4.93. The molecule has 0 aliphatic rings. The highest BCUT2D eigenvalue weighted by atomic mass is 19.1. The molecule has 4 nitrogen and oxygen atoms in total. The Bertz CT molecular complexity index is 645. The van der Waals surface area contributed by atoms with E-state index in [4.69, 9.17) is 16.2 Å². The van der Waals surface area contributed by atoms with Crippen molar-refractivity contribution in [2.75, 3.05) is 5.73 Å². The first-order valence-corrected chi connectivity index (χ1v) is 5.30. The van der Waals surface area contributed by atoms with Crippen LogP contribution in [-0.4, -0.2) is 5.91 Å². The maximum atomic E-state index is 13.6. The van der Waals surface area contributed by atoms with E-state index in [1.165, 1.54) is 24.3 Å². The summed E-state index contributed by atoms with van der Waals surface area (Å²) in [6, 6.07) is 7.43. The van der Waals surface area contributed by atoms with Gasteiger partial charge in [0.25, 0.3) is 5.91 Å². The van der Waals surface area contributed by atoms with Gasteiger partial charge in [-0.2, -0.15) is 0 Å². The van der Waals surface area contributed by atoms with E-state index in [1.807, 2.05) is 0 Å². The number of hydrogen-bond donors (Lipinski definition) is 2. The van der Waals surface area contributed by atoms with Gasteiger partial charge in [-0.05, 0) is 18.2 Å². The number of primary amides is 1. The van der Waals surface area contributed by atoms with Crippen LogP contribution in [0.5, 0.6) is 11.5 Å². The lowest BCUT2D eigenvalue weighted by molar-refractivity contribution is 0.100. The molecule has 2 aromatic rings. The normalized spacial score (nSPS) is 10.2. The number of nitrogen functional groups attached to an aromatic ring is 1. The quantitative estimate of drug-likeness (QED) is 0.836. The van der Waals surface area contributed by atoms with Crippen molar-refractivity contribution in [1.82, 2.24) is 0 Å². The number of halogens is 2. The Balaban J connectivity index is 2.43. The Morgan fingerprint density at radius 3 is 2.37 bits per heavy atom. The van der Waals surface area contributed by atoms with Gasteiger partial charge in [-0.3, -0.25) is 4.79 Å². The summed E-state index contributed by atoms with van der Waals surface area (Å²) in [5.41, 5.74) is 10.3. The lowest BCUT2D eigenvalue weighted by Gasteiger charge is -2.10. The third kappa shape index (κ3) is 2.62. The van der Waals surface area contributed by atoms with Crippen molar-refractivity contribution in [2.24, 2.45) is 5.73 Å². The summed E-state index contributed by atoms with van der Waals surface area (Å²) < 4.78 is 32.1. The molecule has 1 amide bonds. The highest BCUT2D eigenvalue weighted by Crippen LogP contribution is 2.29. The number of ether oxygens (including phenoxy) is 1. The van der Waals surface area contributed by atoms with E-state index in [9.17, 15) is 13.6 Å². The van der Waals surface area contributed by atoms with Crippen LogP contribution in [0, 0.1) is 11.6 Å². The number of nitrogens with two attached hydrogens (primary N) is 2. The summed E-state index contributed by atoms with van der Waals surface area (Å²) >= 11 is 0. The molecule has 0 fully saturated rings. The summed E-state index contributed by atoms with van der Waals surface area (Å²) in [5, 5.41) is 0. The van der Waals surface area contributed by atoms with Crippen LogP contribution in [-0.2, 0) is 0 Å². The number of hydrogen-bond acceptors (Lipinski definition) is 3. The van der Waals surface area contributed by atoms with Crippen LogP contribution in [0.25, 0.3) is 0 Å². The van der Waals surface area contributed by atoms with Gasteiger partial charge in [0, 0.05) is 11.8 Å². The number of benzene rings is 2. The molecule has 19 heavy (non-hydrogen) atoms. The fourth-order valence-electron chi connectivity index (χ4n) is 1.51. The maximum Gasteiger partial charge on any atom is 0.250 e. The van der Waals surface area contributed by atoms with Gasteiger partial charge in [-0.1, -0.05) is 12.1 Å². The molecule has 0 spiro atoms. The Labute approximate surface area is 107 Å². The smallest absolute Gasteiger partial charge is 0.250 e. The van der Waals surface area contributed by atoms with Crippen LogP contribution >= 0.6 is 0 Å². The number of carbonyl (C=O) groups is 1. The summed E-state index contributed by atoms with van der Waals surface area (Å²) in [4.78, 5) is 11.1. The van der Waals surface area contributed by atoms with E-state index >= 15 is 0 Å². The minimum atomic E-state index is -0.823. The monoisotopic (exact) mass is 264 g/mol. The van der Waals surface area contributed by atoms with Crippen LogP contribution in [0.15, 0.2) is 36.4 Å². The van der Waals surface area contributed by atoms with Gasteiger partial charge < -0.3 is 16.2 Å². The van der Waals surface area contributed by atoms with E-state index in [-0.39, 0.29) is 22.7 Å². The molecule has 0 radical (unpaired) electrons. The third-order valence-electron chi connectivity index (χ3n) is 2.43. The second-order valence-corrected chi connectivity index (χ2v) is 3.77. The van der Waals surface area contributed by atoms with Crippen molar-refractivity contribution in [1.29, 1.82) is 0 Å². The zero-order valence-corrected chi connectivity index (χ0v) is 9.69. The summed E-state index contributed by atoms with van der Waals surface area (Å²) in [5.74, 6) is -2.78. The number of rotatable bonds is 3. The molecule has 0 aromatic heterocycles. The van der Waals surface area contributed by atoms with E-state index in [2.05, 4.69) is 0 Å². The Morgan fingerprint density at radius 1 is 1.05 bits per heavy atom. The van der Waals surface area contributed by atoms with Crippen LogP contribution in [0.1, 0.15) is 10.4 Å². The number of anilines is 1. The molecule has 4 N–H and O–H groups in total. The molecule has 2 aromatic carbocycles. The highest BCUT2D eigenvalue weighted by molar-refractivity contribution is 5.98. The fourth-order valence-corrected chi connectivity index (χ4v) is 1.51. The third-order valence-corrected chi connectivity index (χ3v) is 2.43. The van der Waals surface area contributed by atoms with Gasteiger partial charge in [0.15, 0.2) is 23.1 Å². The van der Waals surface area contributed by atoms with E-state index in [0.29, 0.717) is 0 Å². The van der Waals surface area contributed by atoms with Crippen LogP contribution in [0.2, 0.25) is 0 Å². The van der Waals surface area contributed by atoms with E-state index in [1.54, 1.807) is 0 Å². The number of carbonyl (C=O) groups excluding carboxylic acids is 1. The Morgan fingerprint density at radius 2 is 1.74 bits per heavy atom. The molecular formula is C13H10F2N2O2. The zero-order valence-electron chi connectivity index (χ0n) is 9.69. The lowest BCUT2D eigenvalue weighted by Crippen LogP contribution is -2.14. The standard InChI is InChI=1S/C13H10F2N2O2/c14-8-3-1-2-4-11(8)19-12-5-7(13(17)18)10(16)6-9(12)15/h1-6H,16H2,(H2,17,18). The maximum absolute atomic E-state index is 13.6. The lowest BCUT2D eigenvalue weighted by atomic mass is 10.1. The Kier molecular flexibility index (Phi) is 3.33. The molecule has 6 heteroatoms. The van der Waals surface area contributed by atoms with Gasteiger partial charge in [-0.25, -0.2) is 8.78 Å². The predicted molar refractivity (Wildman–Crippen MR) is 65.8 cm³/mol. The van der Waals surface area contributed by atoms with Crippen molar-refractivity contribution >= 4 is 11.6 Å². The van der Waals surface area contributed by atoms with Crippen molar-refractivity contribution in [3.05, 3.63) is 53.6 Å². The molecule has 0 aliphatic carbocycles. The summed E-state index contributed by atoms with van der Waals surface area (Å²) in [6.45, 7) is 0. The van der Waals surface area contributed by atoms with Crippen molar-refractivity contribution in [3.63, 3.8) is 0 Å². The van der Waals surface area contributed by atoms with Crippen molar-refractivity contribution < 1.29 is 18.3 Å². The van der Waals surface area contributed by atoms with Crippen LogP contribution in [0.3, 0.4) is 0 Å². The second-order valence-electron chi connectivity index (χ2n) is 3.77. The fraction of sp³-hybridized carbons (Fsp3) is 0. The first-order valence-electron chi connectivity index (χ1n) is 5.30. The molecule has 0 atom stereocenters. The number of para-hydroxylation sites is 1. The molecule has 0 saturated heterocycles. The van der Waals surface area contributed by atoms with Crippen molar-refractivity contribution in [3.8, 4) is 11.5 Å². The molecule has 0 aliphatic heterocycles. The van der Waals surface area contributed by atoms with Gasteiger partial charge in [0.1, 0.15) is 0 Å². The average Bonchev–Trinajstić information content (AvgIpc) is 2.34. The van der Waals surface area contributed by atoms with E-state index < -0.39 is 17.5 Å². The SMILES string of the molecule is NC(=O)c1cc(Oc2ccccc2F)c(F)cc1N. The zero-order chi connectivity index (χ0) is 14.0. The number of amides is 1. The molecule has 98 valence electrons.